The lowest BCUT2D eigenvalue weighted by Crippen LogP contribution is -2.13. The van der Waals surface area contributed by atoms with E-state index in [0.717, 1.165) is 13.0 Å². The molecule has 5 nitrogen and oxygen atoms in total. The number of nitrogens with two attached hydrogens (primary N) is 2. The third-order valence-corrected chi connectivity index (χ3v) is 2.57. The molecule has 4 N–H and O–H groups in total. The first-order chi connectivity index (χ1) is 9.79. The second kappa shape index (κ2) is 6.98. The molecule has 0 unspecified atom stereocenters. The van der Waals surface area contributed by atoms with Gasteiger partial charge in [-0.05, 0) is 17.8 Å². The van der Waals surface area contributed by atoms with Gasteiger partial charge in [-0.1, -0.05) is 6.07 Å². The Morgan fingerprint density at radius 2 is 2.10 bits per heavy atom. The topological polar surface area (TPSA) is 94.4 Å². The Kier molecular flexibility index (Phi) is 5.60. The van der Waals surface area contributed by atoms with Crippen LogP contribution in [0.1, 0.15) is 28.7 Å². The van der Waals surface area contributed by atoms with E-state index in [1.807, 2.05) is 0 Å². The van der Waals surface area contributed by atoms with Gasteiger partial charge < -0.3 is 11.5 Å². The predicted molar refractivity (Wildman–Crippen MR) is 72.8 cm³/mol. The summed E-state index contributed by atoms with van der Waals surface area (Å²) in [6.07, 6.45) is -1.91. The highest BCUT2D eigenvalue weighted by molar-refractivity contribution is 5.93. The number of halogens is 3. The van der Waals surface area contributed by atoms with Crippen LogP contribution in [0.3, 0.4) is 0 Å². The van der Waals surface area contributed by atoms with Crippen LogP contribution in [0.5, 0.6) is 0 Å². The van der Waals surface area contributed by atoms with Gasteiger partial charge in [0.25, 0.3) is 0 Å². The molecule has 8 heteroatoms. The first-order valence-corrected chi connectivity index (χ1v) is 5.98. The first kappa shape index (κ1) is 16.8. The van der Waals surface area contributed by atoms with E-state index in [-0.39, 0.29) is 18.8 Å². The lowest BCUT2D eigenvalue weighted by molar-refractivity contribution is -0.141. The third kappa shape index (κ3) is 4.67. The minimum absolute atomic E-state index is 0.0113. The minimum atomic E-state index is -4.60. The second-order valence-corrected chi connectivity index (χ2v) is 4.17. The molecule has 1 aromatic heterocycles. The smallest absolute Gasteiger partial charge is 0.404 e. The summed E-state index contributed by atoms with van der Waals surface area (Å²) in [6, 6.07) is 2.01. The number of aromatic nitrogens is 1. The maximum absolute atomic E-state index is 12.6. The van der Waals surface area contributed by atoms with Crippen molar-refractivity contribution < 1.29 is 18.0 Å². The fourth-order valence-electron chi connectivity index (χ4n) is 1.50. The molecule has 0 saturated carbocycles. The number of nitrogens with zero attached hydrogens (tertiary/aromatic N) is 2. The molecule has 21 heavy (non-hydrogen) atoms. The highest BCUT2D eigenvalue weighted by Crippen LogP contribution is 2.28. The van der Waals surface area contributed by atoms with Crippen molar-refractivity contribution in [2.75, 3.05) is 6.54 Å². The minimum Gasteiger partial charge on any atom is -0.404 e. The molecule has 0 aromatic carbocycles. The van der Waals surface area contributed by atoms with Crippen LogP contribution >= 0.6 is 0 Å². The van der Waals surface area contributed by atoms with E-state index in [1.54, 1.807) is 0 Å². The highest BCUT2D eigenvalue weighted by Gasteiger charge is 2.33. The van der Waals surface area contributed by atoms with Gasteiger partial charge in [0.05, 0.1) is 6.54 Å². The summed E-state index contributed by atoms with van der Waals surface area (Å²) in [5.41, 5.74) is 10.2. The molecule has 0 aliphatic carbocycles. The molecule has 114 valence electrons. The number of carbonyl (C=O) groups excluding carboxylic acids is 1. The predicted octanol–water partition coefficient (Wildman–Crippen LogP) is 1.68. The van der Waals surface area contributed by atoms with E-state index >= 15 is 0 Å². The summed E-state index contributed by atoms with van der Waals surface area (Å²) in [7, 11) is 0. The standard InChI is InChI=1S/C13H15F3N4O/c1-8(21)12-10(7-19-6-9(4-17)5-18)2-3-11(20-12)13(14,15)16/h2-4,6H,5,7,17-18H2,1H3/b9-4-,19-6?. The largest absolute Gasteiger partial charge is 0.433 e. The lowest BCUT2D eigenvalue weighted by Gasteiger charge is -2.09. The maximum Gasteiger partial charge on any atom is 0.433 e. The number of alkyl halides is 3. The molecular weight excluding hydrogens is 285 g/mol. The zero-order chi connectivity index (χ0) is 16.0. The van der Waals surface area contributed by atoms with Crippen molar-refractivity contribution >= 4 is 12.0 Å². The van der Waals surface area contributed by atoms with Gasteiger partial charge in [0.1, 0.15) is 11.4 Å². The Morgan fingerprint density at radius 3 is 2.57 bits per heavy atom. The molecule has 1 aromatic rings. The van der Waals surface area contributed by atoms with Gasteiger partial charge in [-0.15, -0.1) is 0 Å². The van der Waals surface area contributed by atoms with Crippen molar-refractivity contribution in [1.82, 2.24) is 4.98 Å². The number of hydrogen-bond acceptors (Lipinski definition) is 5. The summed E-state index contributed by atoms with van der Waals surface area (Å²) < 4.78 is 37.7. The number of carbonyl (C=O) groups is 1. The van der Waals surface area contributed by atoms with Crippen LogP contribution < -0.4 is 11.5 Å². The molecule has 0 atom stereocenters. The van der Waals surface area contributed by atoms with Gasteiger partial charge in [0.15, 0.2) is 5.78 Å². The molecule has 1 heterocycles. The van der Waals surface area contributed by atoms with E-state index in [4.69, 9.17) is 11.5 Å². The monoisotopic (exact) mass is 300 g/mol. The number of hydrogen-bond donors (Lipinski definition) is 2. The number of rotatable bonds is 5. The fraction of sp³-hybridized carbons (Fsp3) is 0.308. The van der Waals surface area contributed by atoms with Crippen LogP contribution in [-0.4, -0.2) is 23.5 Å². The van der Waals surface area contributed by atoms with Crippen LogP contribution in [0, 0.1) is 0 Å². The van der Waals surface area contributed by atoms with E-state index in [1.165, 1.54) is 18.5 Å². The average molecular weight is 300 g/mol. The number of aliphatic imine (C=N–C) groups is 1. The van der Waals surface area contributed by atoms with E-state index in [0.29, 0.717) is 11.1 Å². The van der Waals surface area contributed by atoms with Crippen LogP contribution in [0.4, 0.5) is 13.2 Å². The van der Waals surface area contributed by atoms with Gasteiger partial charge in [-0.2, -0.15) is 13.2 Å². The summed E-state index contributed by atoms with van der Waals surface area (Å²) in [6.45, 7) is 1.35. The zero-order valence-electron chi connectivity index (χ0n) is 11.3. The molecule has 0 aliphatic heterocycles. The van der Waals surface area contributed by atoms with Gasteiger partial charge >= 0.3 is 6.18 Å². The molecule has 0 bridgehead atoms. The van der Waals surface area contributed by atoms with E-state index in [2.05, 4.69) is 9.98 Å². The van der Waals surface area contributed by atoms with Crippen molar-refractivity contribution in [3.63, 3.8) is 0 Å². The molecule has 0 fully saturated rings. The Bertz CT molecular complexity index is 579. The van der Waals surface area contributed by atoms with Gasteiger partial charge in [0.2, 0.25) is 0 Å². The molecule has 1 rings (SSSR count). The fourth-order valence-corrected chi connectivity index (χ4v) is 1.50. The second-order valence-electron chi connectivity index (χ2n) is 4.17. The maximum atomic E-state index is 12.6. The van der Waals surface area contributed by atoms with Crippen molar-refractivity contribution in [2.24, 2.45) is 16.5 Å². The Labute approximate surface area is 119 Å². The van der Waals surface area contributed by atoms with Crippen LogP contribution in [0.15, 0.2) is 28.9 Å². The van der Waals surface area contributed by atoms with Crippen molar-refractivity contribution in [2.45, 2.75) is 19.6 Å². The first-order valence-electron chi connectivity index (χ1n) is 5.98. The normalized spacial score (nSPS) is 12.9. The summed E-state index contributed by atoms with van der Waals surface area (Å²) in [4.78, 5) is 18.8. The highest BCUT2D eigenvalue weighted by atomic mass is 19.4. The Balaban J connectivity index is 3.06. The number of pyridine rings is 1. The van der Waals surface area contributed by atoms with E-state index < -0.39 is 17.7 Å². The van der Waals surface area contributed by atoms with Crippen molar-refractivity contribution in [1.29, 1.82) is 0 Å². The van der Waals surface area contributed by atoms with Crippen LogP contribution in [0.25, 0.3) is 0 Å². The third-order valence-electron chi connectivity index (χ3n) is 2.57. The zero-order valence-corrected chi connectivity index (χ0v) is 11.3. The molecule has 0 spiro atoms. The summed E-state index contributed by atoms with van der Waals surface area (Å²) >= 11 is 0. The lowest BCUT2D eigenvalue weighted by atomic mass is 10.1. The van der Waals surface area contributed by atoms with Crippen molar-refractivity contribution in [3.8, 4) is 0 Å². The quantitative estimate of drug-likeness (QED) is 0.639. The number of Topliss-reactive ketones (excluding diaryl/α,β-unsaturated/α-hetero) is 1. The molecule has 0 saturated heterocycles. The summed E-state index contributed by atoms with van der Waals surface area (Å²) in [5.74, 6) is -0.556. The number of ketones is 1. The van der Waals surface area contributed by atoms with Gasteiger partial charge in [-0.3, -0.25) is 9.79 Å². The Morgan fingerprint density at radius 1 is 1.43 bits per heavy atom. The average Bonchev–Trinajstić information content (AvgIpc) is 2.42. The van der Waals surface area contributed by atoms with Gasteiger partial charge in [-0.25, -0.2) is 4.98 Å². The molecule has 0 radical (unpaired) electrons. The van der Waals surface area contributed by atoms with Crippen LogP contribution in [0.2, 0.25) is 0 Å². The van der Waals surface area contributed by atoms with E-state index in [9.17, 15) is 18.0 Å². The van der Waals surface area contributed by atoms with Crippen molar-refractivity contribution in [3.05, 3.63) is 40.9 Å². The molecule has 0 aliphatic rings. The molecular formula is C13H15F3N4O. The van der Waals surface area contributed by atoms with Gasteiger partial charge in [0, 0.05) is 25.2 Å². The SMILES string of the molecule is CC(=O)c1nc(C(F)(F)F)ccc1CN=C/C(=C\N)CN. The Hall–Kier alpha value is -2.22. The molecule has 0 amide bonds. The van der Waals surface area contributed by atoms with Crippen LogP contribution in [-0.2, 0) is 12.7 Å². The summed E-state index contributed by atoms with van der Waals surface area (Å²) in [5, 5.41) is 0.